The molecule has 1 atom stereocenters. The van der Waals surface area contributed by atoms with E-state index in [-0.39, 0.29) is 28.5 Å². The topological polar surface area (TPSA) is 107 Å². The van der Waals surface area contributed by atoms with Gasteiger partial charge < -0.3 is 19.1 Å². The molecule has 1 aromatic heterocycles. The molecule has 42 heavy (non-hydrogen) atoms. The van der Waals surface area contributed by atoms with Gasteiger partial charge in [-0.15, -0.1) is 0 Å². The van der Waals surface area contributed by atoms with E-state index in [0.717, 1.165) is 12.0 Å². The number of benzene rings is 3. The van der Waals surface area contributed by atoms with Crippen LogP contribution in [0.5, 0.6) is 11.5 Å². The molecule has 218 valence electrons. The summed E-state index contributed by atoms with van der Waals surface area (Å²) < 4.78 is 70.0. The van der Waals surface area contributed by atoms with Gasteiger partial charge in [0, 0.05) is 48.4 Å². The molecule has 9 nitrogen and oxygen atoms in total. The van der Waals surface area contributed by atoms with Crippen LogP contribution in [0.3, 0.4) is 0 Å². The predicted octanol–water partition coefficient (Wildman–Crippen LogP) is 5.66. The van der Waals surface area contributed by atoms with Crippen LogP contribution in [0.2, 0.25) is 0 Å². The zero-order valence-electron chi connectivity index (χ0n) is 22.2. The number of halogens is 2. The van der Waals surface area contributed by atoms with Gasteiger partial charge in [-0.05, 0) is 60.5 Å². The minimum Gasteiger partial charge on any atom is -0.461 e. The molecule has 1 fully saturated rings. The van der Waals surface area contributed by atoms with E-state index in [1.807, 2.05) is 11.0 Å². The number of carbonyl (C=O) groups is 1. The number of ether oxygens (including phenoxy) is 3. The Balaban J connectivity index is 1.50. The molecule has 3 aromatic carbocycles. The van der Waals surface area contributed by atoms with Crippen molar-refractivity contribution in [3.63, 3.8) is 0 Å². The van der Waals surface area contributed by atoms with E-state index >= 15 is 0 Å². The third-order valence-corrected chi connectivity index (χ3v) is 7.71. The highest BCUT2D eigenvalue weighted by Crippen LogP contribution is 2.38. The van der Waals surface area contributed by atoms with Crippen molar-refractivity contribution in [2.24, 2.45) is 0 Å². The van der Waals surface area contributed by atoms with Crippen LogP contribution in [0.15, 0.2) is 102 Å². The molecule has 1 N–H and O–H groups in total. The van der Waals surface area contributed by atoms with Crippen LogP contribution in [-0.4, -0.2) is 38.8 Å². The Hall–Kier alpha value is -4.55. The largest absolute Gasteiger partial charge is 0.461 e. The fourth-order valence-corrected chi connectivity index (χ4v) is 5.39. The maximum absolute atomic E-state index is 13.2. The zero-order chi connectivity index (χ0) is 29.5. The molecule has 0 aliphatic carbocycles. The Morgan fingerprint density at radius 1 is 1.00 bits per heavy atom. The van der Waals surface area contributed by atoms with Crippen LogP contribution in [0.25, 0.3) is 0 Å². The zero-order valence-corrected chi connectivity index (χ0v) is 23.0. The second kappa shape index (κ2) is 13.0. The number of hydrogen-bond donors (Lipinski definition) is 1. The Labute approximate surface area is 241 Å². The molecule has 1 amide bonds. The molecule has 0 bridgehead atoms. The lowest BCUT2D eigenvalue weighted by Gasteiger charge is -2.27. The van der Waals surface area contributed by atoms with E-state index < -0.39 is 28.8 Å². The molecule has 0 saturated carbocycles. The summed E-state index contributed by atoms with van der Waals surface area (Å²) in [6.45, 7) is -2.29. The molecule has 2 heterocycles. The van der Waals surface area contributed by atoms with Gasteiger partial charge in [0.1, 0.15) is 0 Å². The van der Waals surface area contributed by atoms with Crippen LogP contribution >= 0.6 is 0 Å². The van der Waals surface area contributed by atoms with E-state index in [0.29, 0.717) is 24.4 Å². The van der Waals surface area contributed by atoms with Gasteiger partial charge in [0.15, 0.2) is 17.8 Å². The number of aromatic nitrogens is 1. The van der Waals surface area contributed by atoms with Gasteiger partial charge in [0.25, 0.3) is 15.9 Å². The summed E-state index contributed by atoms with van der Waals surface area (Å²) in [6, 6.07) is 22.1. The highest BCUT2D eigenvalue weighted by Gasteiger charge is 2.23. The minimum absolute atomic E-state index is 0.0439. The second-order valence-corrected chi connectivity index (χ2v) is 11.0. The smallest absolute Gasteiger partial charge is 0.387 e. The van der Waals surface area contributed by atoms with E-state index in [9.17, 15) is 22.0 Å². The number of nitrogens with zero attached hydrogens (tertiary/aromatic N) is 2. The van der Waals surface area contributed by atoms with E-state index in [1.165, 1.54) is 30.3 Å². The third-order valence-electron chi connectivity index (χ3n) is 6.37. The first-order valence-corrected chi connectivity index (χ1v) is 14.5. The number of alkyl halides is 2. The van der Waals surface area contributed by atoms with Gasteiger partial charge in [-0.2, -0.15) is 8.78 Å². The fourth-order valence-electron chi connectivity index (χ4n) is 4.39. The number of rotatable bonds is 11. The lowest BCUT2D eigenvalue weighted by atomic mass is 10.1. The van der Waals surface area contributed by atoms with E-state index in [1.54, 1.807) is 60.9 Å². The van der Waals surface area contributed by atoms with Crippen molar-refractivity contribution in [1.82, 2.24) is 9.71 Å². The van der Waals surface area contributed by atoms with Crippen molar-refractivity contribution >= 4 is 27.3 Å². The maximum atomic E-state index is 13.2. The Morgan fingerprint density at radius 2 is 1.81 bits per heavy atom. The normalized spacial score (nSPS) is 14.9. The Morgan fingerprint density at radius 3 is 2.52 bits per heavy atom. The van der Waals surface area contributed by atoms with Crippen molar-refractivity contribution in [3.05, 3.63) is 108 Å². The number of hydrogen-bond acceptors (Lipinski definition) is 8. The monoisotopic (exact) mass is 595 g/mol. The fraction of sp³-hybridized carbons (Fsp3) is 0.200. The van der Waals surface area contributed by atoms with Crippen LogP contribution in [0.1, 0.15) is 28.8 Å². The highest BCUT2D eigenvalue weighted by molar-refractivity contribution is 7.90. The summed E-state index contributed by atoms with van der Waals surface area (Å²) >= 11 is 0. The van der Waals surface area contributed by atoms with E-state index in [2.05, 4.69) is 9.71 Å². The standard InChI is InChI=1S/C30H27F2N3O6S/c31-30(32)41-26-14-13-24(18-27(26)40-28-12-6-16-39-28)35(20-21-7-5-15-33-19-21)23-9-4-8-22(17-23)29(36)34-42(37,38)25-10-2-1-3-11-25/h1-5,7-11,13-15,17-19,28,30H,6,12,16,20H2,(H,34,36). The van der Waals surface area contributed by atoms with Crippen molar-refractivity contribution in [2.75, 3.05) is 11.5 Å². The first-order chi connectivity index (χ1) is 20.3. The number of amides is 1. The second-order valence-electron chi connectivity index (χ2n) is 9.32. The van der Waals surface area contributed by atoms with Crippen LogP contribution in [0.4, 0.5) is 20.2 Å². The molecule has 0 spiro atoms. The quantitative estimate of drug-likeness (QED) is 0.237. The Bertz CT molecular complexity index is 1620. The molecule has 1 saturated heterocycles. The lowest BCUT2D eigenvalue weighted by Crippen LogP contribution is -2.30. The molecular weight excluding hydrogens is 568 g/mol. The maximum Gasteiger partial charge on any atom is 0.387 e. The van der Waals surface area contributed by atoms with Crippen LogP contribution in [0, 0.1) is 0 Å². The molecule has 1 aliphatic heterocycles. The van der Waals surface area contributed by atoms with Crippen LogP contribution in [-0.2, 0) is 21.3 Å². The summed E-state index contributed by atoms with van der Waals surface area (Å²) in [6.07, 6.45) is 4.08. The number of sulfonamides is 1. The summed E-state index contributed by atoms with van der Waals surface area (Å²) in [5.74, 6) is -0.895. The molecule has 4 aromatic rings. The highest BCUT2D eigenvalue weighted by atomic mass is 32.2. The number of nitrogens with one attached hydrogen (secondary N) is 1. The van der Waals surface area contributed by atoms with Gasteiger partial charge >= 0.3 is 6.61 Å². The average Bonchev–Trinajstić information content (AvgIpc) is 3.51. The molecule has 1 unspecified atom stereocenters. The predicted molar refractivity (Wildman–Crippen MR) is 150 cm³/mol. The van der Waals surface area contributed by atoms with Gasteiger partial charge in [-0.1, -0.05) is 30.3 Å². The number of pyridine rings is 1. The number of anilines is 2. The third kappa shape index (κ3) is 7.20. The molecule has 12 heteroatoms. The van der Waals surface area contributed by atoms with Gasteiger partial charge in [0.05, 0.1) is 11.5 Å². The number of carbonyl (C=O) groups excluding carboxylic acids is 1. The van der Waals surface area contributed by atoms with Crippen molar-refractivity contribution in [3.8, 4) is 11.5 Å². The summed E-state index contributed by atoms with van der Waals surface area (Å²) in [7, 11) is -4.10. The van der Waals surface area contributed by atoms with Gasteiger partial charge in [0.2, 0.25) is 0 Å². The van der Waals surface area contributed by atoms with Gasteiger partial charge in [-0.25, -0.2) is 13.1 Å². The Kier molecular flexibility index (Phi) is 8.94. The lowest BCUT2D eigenvalue weighted by molar-refractivity contribution is -0.0632. The van der Waals surface area contributed by atoms with Crippen LogP contribution < -0.4 is 19.1 Å². The molecule has 1 aliphatic rings. The minimum atomic E-state index is -4.10. The first kappa shape index (κ1) is 29.0. The average molecular weight is 596 g/mol. The van der Waals surface area contributed by atoms with Crippen molar-refractivity contribution in [1.29, 1.82) is 0 Å². The van der Waals surface area contributed by atoms with E-state index in [4.69, 9.17) is 14.2 Å². The SMILES string of the molecule is O=C(NS(=O)(=O)c1ccccc1)c1cccc(N(Cc2cccnc2)c2ccc(OC(F)F)c(OC3CCCO3)c2)c1. The molecular formula is C30H27F2N3O6S. The summed E-state index contributed by atoms with van der Waals surface area (Å²) in [5.41, 5.74) is 1.96. The van der Waals surface area contributed by atoms with Gasteiger partial charge in [-0.3, -0.25) is 9.78 Å². The molecule has 5 rings (SSSR count). The molecule has 0 radical (unpaired) electrons. The summed E-state index contributed by atoms with van der Waals surface area (Å²) in [4.78, 5) is 19.0. The van der Waals surface area contributed by atoms with Crippen molar-refractivity contribution < 1.29 is 36.2 Å². The first-order valence-electron chi connectivity index (χ1n) is 13.0. The summed E-state index contributed by atoms with van der Waals surface area (Å²) in [5, 5.41) is 0. The van der Waals surface area contributed by atoms with Crippen molar-refractivity contribution in [2.45, 2.75) is 37.2 Å².